The molecule has 130 valence electrons. The Hall–Kier alpha value is -0.960. The molecule has 0 N–H and O–H groups in total. The number of pyridine rings is 1. The van der Waals surface area contributed by atoms with E-state index in [4.69, 9.17) is 4.74 Å². The minimum Gasteiger partial charge on any atom is -0.493 e. The standard InChI is InChI=1S/C19H30N2O.ClH/c1-15-19(22-2)18(13-14-20-15)21(16-9-5-3-6-10-16)17-11-7-4-8-12-17;/h13-14,16-17H,3-12H2,1-2H3;1H. The van der Waals surface area contributed by atoms with E-state index in [1.165, 1.54) is 69.9 Å². The van der Waals surface area contributed by atoms with E-state index in [2.05, 4.69) is 22.9 Å². The lowest BCUT2D eigenvalue weighted by molar-refractivity contribution is 0.333. The van der Waals surface area contributed by atoms with Gasteiger partial charge in [-0.1, -0.05) is 38.5 Å². The van der Waals surface area contributed by atoms with Gasteiger partial charge in [0.15, 0.2) is 5.75 Å². The monoisotopic (exact) mass is 338 g/mol. The maximum Gasteiger partial charge on any atom is 0.163 e. The van der Waals surface area contributed by atoms with E-state index in [9.17, 15) is 0 Å². The van der Waals surface area contributed by atoms with Gasteiger partial charge in [0.2, 0.25) is 0 Å². The Bertz CT molecular complexity index is 464. The average Bonchev–Trinajstić information content (AvgIpc) is 2.57. The quantitative estimate of drug-likeness (QED) is 0.745. The van der Waals surface area contributed by atoms with Gasteiger partial charge in [0, 0.05) is 18.3 Å². The number of methoxy groups -OCH3 is 1. The Morgan fingerprint density at radius 2 is 1.48 bits per heavy atom. The predicted molar refractivity (Wildman–Crippen MR) is 99.0 cm³/mol. The number of ether oxygens (including phenoxy) is 1. The summed E-state index contributed by atoms with van der Waals surface area (Å²) in [6.45, 7) is 2.06. The molecule has 0 unspecified atom stereocenters. The second kappa shape index (κ2) is 8.77. The Morgan fingerprint density at radius 1 is 0.957 bits per heavy atom. The van der Waals surface area contributed by atoms with E-state index in [-0.39, 0.29) is 12.4 Å². The third kappa shape index (κ3) is 4.12. The lowest BCUT2D eigenvalue weighted by atomic mass is 9.88. The van der Waals surface area contributed by atoms with Crippen molar-refractivity contribution < 1.29 is 4.74 Å². The number of nitrogens with zero attached hydrogens (tertiary/aromatic N) is 2. The van der Waals surface area contributed by atoms with Crippen LogP contribution in [-0.2, 0) is 0 Å². The Labute approximate surface area is 147 Å². The lowest BCUT2D eigenvalue weighted by Gasteiger charge is -2.44. The maximum absolute atomic E-state index is 5.73. The normalized spacial score (nSPS) is 19.9. The molecule has 2 saturated carbocycles. The number of rotatable bonds is 4. The van der Waals surface area contributed by atoms with Crippen LogP contribution in [0.25, 0.3) is 0 Å². The molecule has 0 atom stereocenters. The fraction of sp³-hybridized carbons (Fsp3) is 0.737. The first-order valence-corrected chi connectivity index (χ1v) is 9.09. The Morgan fingerprint density at radius 3 is 1.96 bits per heavy atom. The van der Waals surface area contributed by atoms with Crippen molar-refractivity contribution in [1.29, 1.82) is 0 Å². The van der Waals surface area contributed by atoms with Crippen LogP contribution in [0.4, 0.5) is 5.69 Å². The van der Waals surface area contributed by atoms with Gasteiger partial charge in [-0.3, -0.25) is 4.98 Å². The van der Waals surface area contributed by atoms with Crippen molar-refractivity contribution in [2.24, 2.45) is 0 Å². The highest BCUT2D eigenvalue weighted by molar-refractivity contribution is 5.85. The maximum atomic E-state index is 5.73. The van der Waals surface area contributed by atoms with Crippen molar-refractivity contribution >= 4 is 18.1 Å². The molecule has 0 saturated heterocycles. The summed E-state index contributed by atoms with van der Waals surface area (Å²) >= 11 is 0. The smallest absolute Gasteiger partial charge is 0.163 e. The van der Waals surface area contributed by atoms with Crippen molar-refractivity contribution in [3.8, 4) is 5.75 Å². The lowest BCUT2D eigenvalue weighted by Crippen LogP contribution is -2.45. The van der Waals surface area contributed by atoms with Crippen LogP contribution in [0.2, 0.25) is 0 Å². The molecule has 0 bridgehead atoms. The van der Waals surface area contributed by atoms with Gasteiger partial charge in [-0.05, 0) is 38.7 Å². The van der Waals surface area contributed by atoms with E-state index in [1.54, 1.807) is 7.11 Å². The number of hydrogen-bond donors (Lipinski definition) is 0. The number of aryl methyl sites for hydroxylation is 1. The molecule has 0 aromatic carbocycles. The van der Waals surface area contributed by atoms with Gasteiger partial charge in [0.05, 0.1) is 18.5 Å². The Kier molecular flexibility index (Phi) is 7.01. The van der Waals surface area contributed by atoms with Gasteiger partial charge in [0.25, 0.3) is 0 Å². The second-order valence-electron chi connectivity index (χ2n) is 6.94. The van der Waals surface area contributed by atoms with Crippen molar-refractivity contribution in [2.45, 2.75) is 83.2 Å². The van der Waals surface area contributed by atoms with Crippen molar-refractivity contribution in [1.82, 2.24) is 4.98 Å². The molecule has 3 rings (SSSR count). The van der Waals surface area contributed by atoms with E-state index >= 15 is 0 Å². The number of anilines is 1. The SMILES string of the molecule is COc1c(N(C2CCCCC2)C2CCCCC2)ccnc1C.Cl. The number of hydrogen-bond acceptors (Lipinski definition) is 3. The van der Waals surface area contributed by atoms with E-state index in [1.807, 2.05) is 6.20 Å². The van der Waals surface area contributed by atoms with Crippen molar-refractivity contribution in [3.05, 3.63) is 18.0 Å². The first kappa shape index (κ1) is 18.4. The zero-order valence-corrected chi connectivity index (χ0v) is 15.4. The van der Waals surface area contributed by atoms with Crippen LogP contribution in [-0.4, -0.2) is 24.2 Å². The molecule has 2 aliphatic carbocycles. The minimum atomic E-state index is 0. The largest absolute Gasteiger partial charge is 0.493 e. The molecular weight excluding hydrogens is 308 g/mol. The molecule has 0 amide bonds. The van der Waals surface area contributed by atoms with Crippen molar-refractivity contribution in [3.63, 3.8) is 0 Å². The van der Waals surface area contributed by atoms with Crippen LogP contribution in [0.5, 0.6) is 5.75 Å². The highest BCUT2D eigenvalue weighted by Crippen LogP contribution is 2.39. The summed E-state index contributed by atoms with van der Waals surface area (Å²) in [5.74, 6) is 0.985. The molecular formula is C19H31ClN2O. The van der Waals surface area contributed by atoms with Gasteiger partial charge in [-0.15, -0.1) is 12.4 Å². The van der Waals surface area contributed by atoms with Crippen molar-refractivity contribution in [2.75, 3.05) is 12.0 Å². The number of aromatic nitrogens is 1. The van der Waals surface area contributed by atoms with Gasteiger partial charge >= 0.3 is 0 Å². The van der Waals surface area contributed by atoms with E-state index in [0.29, 0.717) is 12.1 Å². The first-order chi connectivity index (χ1) is 10.8. The summed E-state index contributed by atoms with van der Waals surface area (Å²) in [6.07, 6.45) is 15.6. The predicted octanol–water partition coefficient (Wildman–Crippen LogP) is 5.29. The van der Waals surface area contributed by atoms with Gasteiger partial charge < -0.3 is 9.64 Å². The molecule has 1 aromatic rings. The van der Waals surface area contributed by atoms with E-state index < -0.39 is 0 Å². The molecule has 2 aliphatic rings. The molecule has 23 heavy (non-hydrogen) atoms. The Balaban J connectivity index is 0.00000192. The highest BCUT2D eigenvalue weighted by atomic mass is 35.5. The van der Waals surface area contributed by atoms with Gasteiger partial charge in [-0.2, -0.15) is 0 Å². The zero-order chi connectivity index (χ0) is 15.4. The summed E-state index contributed by atoms with van der Waals surface area (Å²) in [7, 11) is 1.79. The van der Waals surface area contributed by atoms with E-state index in [0.717, 1.165) is 11.4 Å². The van der Waals surface area contributed by atoms with Gasteiger partial charge in [0.1, 0.15) is 0 Å². The zero-order valence-electron chi connectivity index (χ0n) is 14.6. The van der Waals surface area contributed by atoms with Crippen LogP contribution in [0.3, 0.4) is 0 Å². The molecule has 0 spiro atoms. The molecule has 4 heteroatoms. The topological polar surface area (TPSA) is 25.4 Å². The molecule has 3 nitrogen and oxygen atoms in total. The minimum absolute atomic E-state index is 0. The highest BCUT2D eigenvalue weighted by Gasteiger charge is 2.31. The molecule has 2 fully saturated rings. The van der Waals surface area contributed by atoms with Crippen LogP contribution < -0.4 is 9.64 Å². The third-order valence-electron chi connectivity index (χ3n) is 5.48. The summed E-state index contributed by atoms with van der Waals surface area (Å²) in [4.78, 5) is 7.16. The summed E-state index contributed by atoms with van der Waals surface area (Å²) in [6, 6.07) is 3.55. The number of halogens is 1. The van der Waals surface area contributed by atoms with Crippen LogP contribution >= 0.6 is 12.4 Å². The molecule has 1 heterocycles. The summed E-state index contributed by atoms with van der Waals surface area (Å²) < 4.78 is 5.73. The van der Waals surface area contributed by atoms with Crippen LogP contribution in [0.1, 0.15) is 69.9 Å². The average molecular weight is 339 g/mol. The fourth-order valence-corrected chi connectivity index (χ4v) is 4.40. The van der Waals surface area contributed by atoms with Gasteiger partial charge in [-0.25, -0.2) is 0 Å². The fourth-order valence-electron chi connectivity index (χ4n) is 4.40. The van der Waals surface area contributed by atoms with Crippen LogP contribution in [0.15, 0.2) is 12.3 Å². The van der Waals surface area contributed by atoms with Crippen LogP contribution in [0, 0.1) is 6.92 Å². The molecule has 0 aliphatic heterocycles. The summed E-state index contributed by atoms with van der Waals surface area (Å²) in [5.41, 5.74) is 2.30. The molecule has 0 radical (unpaired) electrons. The third-order valence-corrected chi connectivity index (χ3v) is 5.48. The summed E-state index contributed by atoms with van der Waals surface area (Å²) in [5, 5.41) is 0. The molecule has 1 aromatic heterocycles. The first-order valence-electron chi connectivity index (χ1n) is 9.09. The second-order valence-corrected chi connectivity index (χ2v) is 6.94.